The average Bonchev–Trinajstić information content (AvgIpc) is 2.41. The van der Waals surface area contributed by atoms with Crippen LogP contribution in [0.5, 0.6) is 0 Å². The first-order valence-electron chi connectivity index (χ1n) is 5.32. The Hall–Kier alpha value is -2.61. The molecule has 1 heterocycles. The first-order valence-corrected chi connectivity index (χ1v) is 5.32. The molecule has 0 atom stereocenters. The Morgan fingerprint density at radius 1 is 1.22 bits per heavy atom. The maximum Gasteiger partial charge on any atom is 0.147 e. The minimum Gasteiger partial charge on any atom is -0.387 e. The molecule has 0 unspecified atom stereocenters. The maximum absolute atomic E-state index is 13.7. The van der Waals surface area contributed by atoms with Gasteiger partial charge in [-0.3, -0.25) is 4.98 Å². The highest BCUT2D eigenvalue weighted by Gasteiger charge is 2.04. The molecule has 2 N–H and O–H groups in total. The van der Waals surface area contributed by atoms with Crippen LogP contribution in [-0.4, -0.2) is 12.0 Å². The van der Waals surface area contributed by atoms with Crippen LogP contribution >= 0.6 is 0 Å². The number of halogens is 1. The Morgan fingerprint density at radius 2 is 2.00 bits per heavy atom. The van der Waals surface area contributed by atoms with Crippen LogP contribution in [0.15, 0.2) is 36.7 Å². The Bertz CT molecular complexity index is 604. The molecule has 5 heteroatoms. The molecule has 2 aromatic rings. The molecule has 0 fully saturated rings. The third-order valence-electron chi connectivity index (χ3n) is 2.40. The summed E-state index contributed by atoms with van der Waals surface area (Å²) >= 11 is 0. The zero-order chi connectivity index (χ0) is 13.0. The third-order valence-corrected chi connectivity index (χ3v) is 2.40. The van der Waals surface area contributed by atoms with E-state index in [9.17, 15) is 4.39 Å². The highest BCUT2D eigenvalue weighted by Crippen LogP contribution is 2.21. The Balaban J connectivity index is 2.26. The lowest BCUT2D eigenvalue weighted by atomic mass is 10.2. The van der Waals surface area contributed by atoms with E-state index in [0.717, 1.165) is 5.69 Å². The smallest absolute Gasteiger partial charge is 0.147 e. The quantitative estimate of drug-likeness (QED) is 0.868. The highest BCUT2D eigenvalue weighted by molar-refractivity contribution is 5.64. The van der Waals surface area contributed by atoms with Gasteiger partial charge in [0.15, 0.2) is 0 Å². The van der Waals surface area contributed by atoms with E-state index < -0.39 is 5.82 Å². The van der Waals surface area contributed by atoms with Crippen LogP contribution in [-0.2, 0) is 0 Å². The maximum atomic E-state index is 13.7. The van der Waals surface area contributed by atoms with Crippen molar-refractivity contribution in [3.63, 3.8) is 0 Å². The number of nitrogens with zero attached hydrogens (tertiary/aromatic N) is 2. The fourth-order valence-corrected chi connectivity index (χ4v) is 1.49. The summed E-state index contributed by atoms with van der Waals surface area (Å²) in [5.41, 5.74) is 2.10. The van der Waals surface area contributed by atoms with Crippen molar-refractivity contribution in [3.8, 4) is 6.07 Å². The predicted octanol–water partition coefficient (Wildman–Crippen LogP) is 2.88. The largest absolute Gasteiger partial charge is 0.387 e. The number of aromatic nitrogens is 1. The molecule has 0 saturated heterocycles. The normalized spacial score (nSPS) is 9.61. The van der Waals surface area contributed by atoms with E-state index in [2.05, 4.69) is 15.6 Å². The first-order chi connectivity index (χ1) is 8.72. The number of nitriles is 1. The molecule has 0 aliphatic carbocycles. The summed E-state index contributed by atoms with van der Waals surface area (Å²) in [6, 6.07) is 7.97. The molecule has 0 radical (unpaired) electrons. The highest BCUT2D eigenvalue weighted by atomic mass is 19.1. The molecule has 4 nitrogen and oxygen atoms in total. The molecule has 0 saturated carbocycles. The van der Waals surface area contributed by atoms with Crippen molar-refractivity contribution in [1.82, 2.24) is 4.98 Å². The van der Waals surface area contributed by atoms with Gasteiger partial charge in [-0.2, -0.15) is 5.26 Å². The molecular formula is C13H11FN4. The van der Waals surface area contributed by atoms with Crippen molar-refractivity contribution < 1.29 is 4.39 Å². The number of hydrogen-bond acceptors (Lipinski definition) is 4. The fourth-order valence-electron chi connectivity index (χ4n) is 1.49. The van der Waals surface area contributed by atoms with Crippen LogP contribution in [0.3, 0.4) is 0 Å². The van der Waals surface area contributed by atoms with Crippen molar-refractivity contribution in [1.29, 1.82) is 5.26 Å². The predicted molar refractivity (Wildman–Crippen MR) is 68.2 cm³/mol. The summed E-state index contributed by atoms with van der Waals surface area (Å²) in [6.45, 7) is 0. The summed E-state index contributed by atoms with van der Waals surface area (Å²) in [5, 5.41) is 14.5. The van der Waals surface area contributed by atoms with E-state index in [4.69, 9.17) is 5.26 Å². The van der Waals surface area contributed by atoms with E-state index in [-0.39, 0.29) is 0 Å². The monoisotopic (exact) mass is 242 g/mol. The zero-order valence-corrected chi connectivity index (χ0v) is 9.74. The first kappa shape index (κ1) is 11.9. The molecule has 0 spiro atoms. The van der Waals surface area contributed by atoms with Crippen molar-refractivity contribution in [2.24, 2.45) is 0 Å². The molecule has 2 rings (SSSR count). The minimum atomic E-state index is -0.469. The topological polar surface area (TPSA) is 60.7 Å². The van der Waals surface area contributed by atoms with Crippen molar-refractivity contribution >= 4 is 17.1 Å². The van der Waals surface area contributed by atoms with Crippen LogP contribution < -0.4 is 10.6 Å². The molecule has 1 aromatic heterocycles. The summed E-state index contributed by atoms with van der Waals surface area (Å²) < 4.78 is 13.7. The molecule has 0 bridgehead atoms. The van der Waals surface area contributed by atoms with Crippen molar-refractivity contribution in [2.75, 3.05) is 17.7 Å². The second-order valence-corrected chi connectivity index (χ2v) is 3.64. The van der Waals surface area contributed by atoms with E-state index in [0.29, 0.717) is 16.9 Å². The van der Waals surface area contributed by atoms with E-state index >= 15 is 0 Å². The van der Waals surface area contributed by atoms with Gasteiger partial charge >= 0.3 is 0 Å². The Labute approximate surface area is 104 Å². The third kappa shape index (κ3) is 2.55. The van der Waals surface area contributed by atoms with E-state index in [1.165, 1.54) is 12.1 Å². The summed E-state index contributed by atoms with van der Waals surface area (Å²) in [7, 11) is 1.78. The summed E-state index contributed by atoms with van der Waals surface area (Å²) in [4.78, 5) is 4.02. The van der Waals surface area contributed by atoms with Crippen molar-refractivity contribution in [2.45, 2.75) is 0 Å². The lowest BCUT2D eigenvalue weighted by Crippen LogP contribution is -1.96. The summed E-state index contributed by atoms with van der Waals surface area (Å²) in [5.74, 6) is -0.469. The van der Waals surface area contributed by atoms with Gasteiger partial charge in [0, 0.05) is 7.05 Å². The second-order valence-electron chi connectivity index (χ2n) is 3.64. The second kappa shape index (κ2) is 5.15. The lowest BCUT2D eigenvalue weighted by molar-refractivity contribution is 0.631. The number of anilines is 3. The fraction of sp³-hybridized carbons (Fsp3) is 0.0769. The molecular weight excluding hydrogens is 231 g/mol. The van der Waals surface area contributed by atoms with Gasteiger partial charge in [0.05, 0.1) is 41.1 Å². The van der Waals surface area contributed by atoms with Crippen molar-refractivity contribution in [3.05, 3.63) is 48.0 Å². The molecule has 18 heavy (non-hydrogen) atoms. The van der Waals surface area contributed by atoms with Crippen LogP contribution in [0.1, 0.15) is 5.56 Å². The number of hydrogen-bond donors (Lipinski definition) is 2. The zero-order valence-electron chi connectivity index (χ0n) is 9.74. The van der Waals surface area contributed by atoms with Gasteiger partial charge in [-0.25, -0.2) is 4.39 Å². The molecule has 0 aliphatic heterocycles. The Kier molecular flexibility index (Phi) is 3.39. The van der Waals surface area contributed by atoms with E-state index in [1.807, 2.05) is 12.1 Å². The van der Waals surface area contributed by atoms with Gasteiger partial charge in [-0.05, 0) is 24.3 Å². The van der Waals surface area contributed by atoms with Crippen LogP contribution in [0.25, 0.3) is 0 Å². The van der Waals surface area contributed by atoms with Crippen LogP contribution in [0, 0.1) is 17.1 Å². The standard InChI is InChI=1S/C13H11FN4/c1-16-10-5-11(8-17-7-10)18-13-3-2-9(6-15)4-12(13)14/h2-5,7-8,16,18H,1H3. The number of benzene rings is 1. The molecule has 0 amide bonds. The average molecular weight is 242 g/mol. The summed E-state index contributed by atoms with van der Waals surface area (Å²) in [6.07, 6.45) is 3.26. The van der Waals surface area contributed by atoms with Crippen LogP contribution in [0.2, 0.25) is 0 Å². The van der Waals surface area contributed by atoms with Gasteiger partial charge in [-0.1, -0.05) is 0 Å². The Morgan fingerprint density at radius 3 is 2.67 bits per heavy atom. The van der Waals surface area contributed by atoms with Gasteiger partial charge in [0.1, 0.15) is 5.82 Å². The minimum absolute atomic E-state index is 0.292. The molecule has 1 aromatic carbocycles. The van der Waals surface area contributed by atoms with Gasteiger partial charge in [0.25, 0.3) is 0 Å². The van der Waals surface area contributed by atoms with Crippen LogP contribution in [0.4, 0.5) is 21.5 Å². The van der Waals surface area contributed by atoms with E-state index in [1.54, 1.807) is 25.5 Å². The number of pyridine rings is 1. The van der Waals surface area contributed by atoms with Gasteiger partial charge in [0.2, 0.25) is 0 Å². The SMILES string of the molecule is CNc1cncc(Nc2ccc(C#N)cc2F)c1. The number of rotatable bonds is 3. The lowest BCUT2D eigenvalue weighted by Gasteiger charge is -2.08. The molecule has 0 aliphatic rings. The van der Waals surface area contributed by atoms with Gasteiger partial charge in [-0.15, -0.1) is 0 Å². The number of nitrogens with one attached hydrogen (secondary N) is 2. The molecule has 90 valence electrons. The van der Waals surface area contributed by atoms with Gasteiger partial charge < -0.3 is 10.6 Å².